The van der Waals surface area contributed by atoms with Gasteiger partial charge in [-0.1, -0.05) is 40.0 Å². The molecule has 44 heavy (non-hydrogen) atoms. The van der Waals surface area contributed by atoms with Gasteiger partial charge >= 0.3 is 24.3 Å². The second-order valence-electron chi connectivity index (χ2n) is 15.5. The van der Waals surface area contributed by atoms with E-state index in [0.717, 1.165) is 6.92 Å². The van der Waals surface area contributed by atoms with Gasteiger partial charge < -0.3 is 14.6 Å². The molecule has 2 saturated carbocycles. The molecule has 1 aliphatic heterocycles. The van der Waals surface area contributed by atoms with Gasteiger partial charge in [0.1, 0.15) is 5.78 Å². The van der Waals surface area contributed by atoms with Crippen molar-refractivity contribution >= 4 is 17.7 Å². The number of alkyl halides is 6. The number of esters is 2. The summed E-state index contributed by atoms with van der Waals surface area (Å²) >= 11 is 0. The first kappa shape index (κ1) is 36.8. The van der Waals surface area contributed by atoms with Crippen LogP contribution < -0.4 is 0 Å². The van der Waals surface area contributed by atoms with Crippen LogP contribution in [0, 0.1) is 38.4 Å². The first-order chi connectivity index (χ1) is 19.8. The molecule has 0 spiro atoms. The minimum atomic E-state index is -5.71. The highest BCUT2D eigenvalue weighted by Crippen LogP contribution is 2.68. The third-order valence-corrected chi connectivity index (χ3v) is 11.8. The number of hydrogen-bond donors (Lipinski definition) is 1. The number of aliphatic hydroxyl groups excluding tert-OH is 1. The number of aliphatic hydroxyl groups is 1. The van der Waals surface area contributed by atoms with Gasteiger partial charge in [0.2, 0.25) is 0 Å². The predicted octanol–water partition coefficient (Wildman–Crippen LogP) is 8.09. The molecule has 0 aromatic heterocycles. The zero-order chi connectivity index (χ0) is 33.8. The summed E-state index contributed by atoms with van der Waals surface area (Å²) in [5.41, 5.74) is -11.4. The van der Waals surface area contributed by atoms with E-state index in [0.29, 0.717) is 0 Å². The highest BCUT2D eigenvalue weighted by Gasteiger charge is 2.77. The summed E-state index contributed by atoms with van der Waals surface area (Å²) < 4.78 is 102. The Labute approximate surface area is 256 Å². The number of carbonyl (C=O) groups excluding carboxylic acids is 3. The van der Waals surface area contributed by atoms with Crippen LogP contribution >= 0.6 is 0 Å². The van der Waals surface area contributed by atoms with E-state index in [1.165, 1.54) is 21.0 Å². The first-order valence-electron chi connectivity index (χ1n) is 15.5. The lowest BCUT2D eigenvalue weighted by atomic mass is 9.53. The van der Waals surface area contributed by atoms with Gasteiger partial charge in [-0.25, -0.2) is 0 Å². The molecule has 3 fully saturated rings. The molecule has 3 aliphatic rings. The number of Topliss-reactive ketones (excluding diaryl/α,β-unsaturated/α-hetero) is 1. The van der Waals surface area contributed by atoms with E-state index in [-0.39, 0.29) is 63.6 Å². The highest BCUT2D eigenvalue weighted by atomic mass is 19.4. The van der Waals surface area contributed by atoms with Crippen LogP contribution in [-0.4, -0.2) is 48.6 Å². The number of hydrogen-bond acceptors (Lipinski definition) is 6. The molecule has 7 unspecified atom stereocenters. The van der Waals surface area contributed by atoms with E-state index in [1.807, 2.05) is 0 Å². The van der Waals surface area contributed by atoms with Crippen molar-refractivity contribution in [2.24, 2.45) is 38.4 Å². The van der Waals surface area contributed by atoms with Crippen molar-refractivity contribution in [3.8, 4) is 0 Å². The maximum Gasteiger partial charge on any atom is 0.403 e. The van der Waals surface area contributed by atoms with Crippen LogP contribution in [0.25, 0.3) is 0 Å². The van der Waals surface area contributed by atoms with E-state index >= 15 is 26.3 Å². The molecule has 12 heteroatoms. The summed E-state index contributed by atoms with van der Waals surface area (Å²) in [6.45, 7) is 8.56. The zero-order valence-corrected chi connectivity index (χ0v) is 26.9. The minimum absolute atomic E-state index is 0.00447. The monoisotopic (exact) mass is 642 g/mol. The maximum absolute atomic E-state index is 15.4. The van der Waals surface area contributed by atoms with E-state index in [1.54, 1.807) is 20.8 Å². The van der Waals surface area contributed by atoms with Gasteiger partial charge in [-0.15, -0.1) is 0 Å². The maximum atomic E-state index is 15.4. The Kier molecular flexibility index (Phi) is 9.89. The minimum Gasteiger partial charge on any atom is -0.392 e. The Balaban J connectivity index is 2.13. The lowest BCUT2D eigenvalue weighted by Crippen LogP contribution is -2.61. The van der Waals surface area contributed by atoms with E-state index < -0.39 is 88.3 Å². The molecular formula is C32H48F6O6. The number of methoxy groups -OCH3 is 1. The van der Waals surface area contributed by atoms with Crippen LogP contribution in [0.5, 0.6) is 0 Å². The van der Waals surface area contributed by atoms with Crippen molar-refractivity contribution in [1.82, 2.24) is 0 Å². The quantitative estimate of drug-likeness (QED) is 0.136. The molecule has 1 saturated heterocycles. The summed E-state index contributed by atoms with van der Waals surface area (Å²) in [4.78, 5) is 38.4. The third-order valence-electron chi connectivity index (χ3n) is 11.8. The second-order valence-corrected chi connectivity index (χ2v) is 15.5. The Morgan fingerprint density at radius 1 is 0.886 bits per heavy atom. The topological polar surface area (TPSA) is 89.9 Å². The fraction of sp³-hybridized carbons (Fsp3) is 0.906. The van der Waals surface area contributed by atoms with Crippen LogP contribution in [-0.2, 0) is 23.9 Å². The third kappa shape index (κ3) is 6.32. The number of ether oxygens (including phenoxy) is 2. The first-order valence-corrected chi connectivity index (χ1v) is 15.5. The van der Waals surface area contributed by atoms with E-state index in [2.05, 4.69) is 0 Å². The Bertz CT molecular complexity index is 1110. The number of halogens is 6. The summed E-state index contributed by atoms with van der Waals surface area (Å²) in [7, 11) is 1.30. The van der Waals surface area contributed by atoms with Crippen molar-refractivity contribution in [3.05, 3.63) is 0 Å². The van der Waals surface area contributed by atoms with Crippen LogP contribution in [0.1, 0.15) is 119 Å². The number of carbonyl (C=O) groups is 3. The zero-order valence-electron chi connectivity index (χ0n) is 26.9. The average molecular weight is 643 g/mol. The molecule has 0 aromatic rings. The Morgan fingerprint density at radius 3 is 1.93 bits per heavy atom. The Morgan fingerprint density at radius 2 is 1.43 bits per heavy atom. The summed E-state index contributed by atoms with van der Waals surface area (Å²) in [5, 5.41) is 10.6. The second kappa shape index (κ2) is 11.8. The van der Waals surface area contributed by atoms with Crippen LogP contribution in [0.4, 0.5) is 26.3 Å². The summed E-state index contributed by atoms with van der Waals surface area (Å²) in [5.74, 6) is -3.22. The molecule has 2 bridgehead atoms. The molecule has 0 aromatic carbocycles. The van der Waals surface area contributed by atoms with Crippen LogP contribution in [0.2, 0.25) is 0 Å². The fourth-order valence-electron chi connectivity index (χ4n) is 8.97. The van der Waals surface area contributed by atoms with E-state index in [4.69, 9.17) is 9.47 Å². The largest absolute Gasteiger partial charge is 0.403 e. The predicted molar refractivity (Wildman–Crippen MR) is 149 cm³/mol. The molecule has 7 atom stereocenters. The molecule has 6 nitrogen and oxygen atoms in total. The van der Waals surface area contributed by atoms with Crippen molar-refractivity contribution in [2.75, 3.05) is 7.11 Å². The average Bonchev–Trinajstić information content (AvgIpc) is 2.90. The Hall–Kier alpha value is -1.69. The van der Waals surface area contributed by atoms with Crippen molar-refractivity contribution < 1.29 is 55.3 Å². The van der Waals surface area contributed by atoms with Crippen molar-refractivity contribution in [3.63, 3.8) is 0 Å². The number of fused-ring (bicyclic) bond motifs is 2. The SMILES string of the molecule is COC(O)C1(C)CCCC(CC(C(F)(F)F)(C(F)(F)F)C2(C)CCCC3(C)CC(C)(CC2)C(=O)OC3=O)CC(C)(C(C)=O)C1. The lowest BCUT2D eigenvalue weighted by molar-refractivity contribution is -0.384. The highest BCUT2D eigenvalue weighted by molar-refractivity contribution is 5.94. The van der Waals surface area contributed by atoms with Crippen LogP contribution in [0.15, 0.2) is 0 Å². The van der Waals surface area contributed by atoms with Gasteiger partial charge in [0.15, 0.2) is 11.7 Å². The van der Waals surface area contributed by atoms with Gasteiger partial charge in [-0.3, -0.25) is 14.4 Å². The van der Waals surface area contributed by atoms with Gasteiger partial charge in [0.05, 0.1) is 10.8 Å². The molecule has 3 rings (SSSR count). The normalized spacial score (nSPS) is 38.8. The molecule has 1 N–H and O–H groups in total. The smallest absolute Gasteiger partial charge is 0.392 e. The molecule has 0 radical (unpaired) electrons. The number of ketones is 1. The molecule has 254 valence electrons. The van der Waals surface area contributed by atoms with Gasteiger partial charge in [0.25, 0.3) is 0 Å². The van der Waals surface area contributed by atoms with Gasteiger partial charge in [-0.2, -0.15) is 26.3 Å². The van der Waals surface area contributed by atoms with Gasteiger partial charge in [0, 0.05) is 17.9 Å². The summed E-state index contributed by atoms with van der Waals surface area (Å²) in [6, 6.07) is 0. The van der Waals surface area contributed by atoms with Crippen molar-refractivity contribution in [2.45, 2.75) is 137 Å². The van der Waals surface area contributed by atoms with Crippen LogP contribution in [0.3, 0.4) is 0 Å². The summed E-state index contributed by atoms with van der Waals surface area (Å²) in [6.07, 6.45) is -15.1. The number of cyclic esters (lactones) is 2. The molecular weight excluding hydrogens is 594 g/mol. The molecule has 1 heterocycles. The molecule has 0 amide bonds. The lowest BCUT2D eigenvalue weighted by Gasteiger charge is -2.53. The van der Waals surface area contributed by atoms with Crippen molar-refractivity contribution in [1.29, 1.82) is 0 Å². The fourth-order valence-corrected chi connectivity index (χ4v) is 8.97. The van der Waals surface area contributed by atoms with E-state index in [9.17, 15) is 19.5 Å². The number of rotatable bonds is 6. The molecule has 2 aliphatic carbocycles. The standard InChI is InChI=1S/C32H48F6O6/c1-20(39)28(5)16-21(10-8-11-25(2,19-28)22(40)43-7)17-30(31(33,34)35,32(36,37)38)29(6)13-9-12-26(3)18-27(4,14-15-29)24(42)44-23(26)41/h21-22,40H,8-19H2,1-7H3. The van der Waals surface area contributed by atoms with Gasteiger partial charge in [-0.05, 0) is 89.9 Å².